The summed E-state index contributed by atoms with van der Waals surface area (Å²) in [4.78, 5) is 3.94. The second-order valence-corrected chi connectivity index (χ2v) is 3.20. The quantitative estimate of drug-likeness (QED) is 0.752. The van der Waals surface area contributed by atoms with Crippen molar-refractivity contribution in [2.24, 2.45) is 0 Å². The van der Waals surface area contributed by atoms with Crippen LogP contribution >= 0.6 is 0 Å². The summed E-state index contributed by atoms with van der Waals surface area (Å²) in [7, 11) is -1.79. The Morgan fingerprint density at radius 1 is 0.875 bits per heavy atom. The molecule has 0 atom stereocenters. The van der Waals surface area contributed by atoms with Gasteiger partial charge < -0.3 is 14.7 Å². The van der Waals surface area contributed by atoms with E-state index in [0.717, 1.165) is 11.1 Å². The van der Waals surface area contributed by atoms with E-state index in [9.17, 15) is 0 Å². The number of nitrogens with zero attached hydrogens (tertiary/aromatic N) is 1. The van der Waals surface area contributed by atoms with Crippen molar-refractivity contribution in [3.63, 3.8) is 0 Å². The normalized spacial score (nSPS) is 9.88. The molecule has 16 heavy (non-hydrogen) atoms. The first-order chi connectivity index (χ1) is 7.75. The molecule has 2 aromatic rings. The minimum Gasteiger partial charge on any atom is -0.512 e. The Morgan fingerprint density at radius 3 is 2.00 bits per heavy atom. The molecular weight excluding hydrogens is 205 g/mol. The highest BCUT2D eigenvalue weighted by molar-refractivity contribution is 6.33. The lowest BCUT2D eigenvalue weighted by Gasteiger charge is -2.05. The molecule has 1 aromatic heterocycles. The number of pyridine rings is 1. The second kappa shape index (κ2) is 4.78. The van der Waals surface area contributed by atoms with Gasteiger partial charge in [-0.3, -0.25) is 4.98 Å². The number of rotatable bonds is 3. The van der Waals surface area contributed by atoms with Crippen LogP contribution in [0.15, 0.2) is 48.8 Å². The first-order valence-corrected chi connectivity index (χ1v) is 4.79. The molecule has 0 aliphatic heterocycles. The van der Waals surface area contributed by atoms with E-state index < -0.39 is 7.32 Å². The fourth-order valence-electron chi connectivity index (χ4n) is 1.39. The van der Waals surface area contributed by atoms with Crippen molar-refractivity contribution in [1.82, 2.24) is 4.98 Å². The van der Waals surface area contributed by atoms with Crippen LogP contribution in [0.4, 0.5) is 0 Å². The zero-order chi connectivity index (χ0) is 11.4. The van der Waals surface area contributed by atoms with E-state index in [-0.39, 0.29) is 0 Å². The third-order valence-corrected chi connectivity index (χ3v) is 2.11. The molecule has 0 aliphatic rings. The first kappa shape index (κ1) is 10.7. The van der Waals surface area contributed by atoms with E-state index >= 15 is 0 Å². The fraction of sp³-hybridized carbons (Fsp3) is 0. The summed E-state index contributed by atoms with van der Waals surface area (Å²) in [5.74, 6) is 0.410. The monoisotopic (exact) mass is 215 g/mol. The molecule has 0 bridgehead atoms. The van der Waals surface area contributed by atoms with Gasteiger partial charge >= 0.3 is 7.32 Å². The molecule has 5 heteroatoms. The molecule has 0 unspecified atom stereocenters. The van der Waals surface area contributed by atoms with Gasteiger partial charge in [0.15, 0.2) is 0 Å². The highest BCUT2D eigenvalue weighted by atomic mass is 16.6. The predicted octanol–water partition coefficient (Wildman–Crippen LogP) is 1.10. The van der Waals surface area contributed by atoms with Gasteiger partial charge in [0, 0.05) is 12.4 Å². The van der Waals surface area contributed by atoms with E-state index in [1.807, 2.05) is 24.3 Å². The molecule has 0 fully saturated rings. The Kier molecular flexibility index (Phi) is 3.19. The Labute approximate surface area is 93.3 Å². The van der Waals surface area contributed by atoms with Crippen LogP contribution in [0, 0.1) is 0 Å². The van der Waals surface area contributed by atoms with Crippen LogP contribution in [0.5, 0.6) is 5.75 Å². The molecule has 0 spiro atoms. The average Bonchev–Trinajstić information content (AvgIpc) is 2.30. The van der Waals surface area contributed by atoms with Crippen LogP contribution in [0.25, 0.3) is 11.1 Å². The number of hydrogen-bond acceptors (Lipinski definition) is 4. The zero-order valence-corrected chi connectivity index (χ0v) is 8.45. The van der Waals surface area contributed by atoms with Crippen molar-refractivity contribution < 1.29 is 14.7 Å². The Bertz CT molecular complexity index is 445. The van der Waals surface area contributed by atoms with Crippen molar-refractivity contribution in [3.05, 3.63) is 48.8 Å². The summed E-state index contributed by atoms with van der Waals surface area (Å²) in [5, 5.41) is 17.2. The Balaban J connectivity index is 2.20. The number of benzene rings is 1. The summed E-state index contributed by atoms with van der Waals surface area (Å²) >= 11 is 0. The molecular formula is C11H10BNO3. The van der Waals surface area contributed by atoms with Gasteiger partial charge in [-0.1, -0.05) is 12.1 Å². The van der Waals surface area contributed by atoms with Crippen molar-refractivity contribution in [2.75, 3.05) is 0 Å². The van der Waals surface area contributed by atoms with Gasteiger partial charge in [-0.25, -0.2) is 0 Å². The van der Waals surface area contributed by atoms with Crippen molar-refractivity contribution in [3.8, 4) is 16.9 Å². The SMILES string of the molecule is OB(O)Oc1ccc(-c2ccncc2)cc1. The van der Waals surface area contributed by atoms with Crippen molar-refractivity contribution in [2.45, 2.75) is 0 Å². The standard InChI is InChI=1S/C11H10BNO3/c14-12(15)16-11-3-1-9(2-4-11)10-5-7-13-8-6-10/h1-8,14-15H. The maximum absolute atomic E-state index is 8.62. The third kappa shape index (κ3) is 2.59. The van der Waals surface area contributed by atoms with Gasteiger partial charge in [0.05, 0.1) is 0 Å². The van der Waals surface area contributed by atoms with Crippen molar-refractivity contribution in [1.29, 1.82) is 0 Å². The van der Waals surface area contributed by atoms with E-state index in [0.29, 0.717) is 5.75 Å². The molecule has 0 aliphatic carbocycles. The molecule has 0 amide bonds. The van der Waals surface area contributed by atoms with Gasteiger partial charge in [-0.2, -0.15) is 0 Å². The molecule has 0 radical (unpaired) electrons. The fourth-order valence-corrected chi connectivity index (χ4v) is 1.39. The molecule has 2 rings (SSSR count). The number of aromatic nitrogens is 1. The average molecular weight is 215 g/mol. The summed E-state index contributed by atoms with van der Waals surface area (Å²) in [6, 6.07) is 10.8. The van der Waals surface area contributed by atoms with E-state index in [1.54, 1.807) is 24.5 Å². The van der Waals surface area contributed by atoms with E-state index in [1.165, 1.54) is 0 Å². The van der Waals surface area contributed by atoms with E-state index in [2.05, 4.69) is 4.98 Å². The molecule has 0 saturated heterocycles. The van der Waals surface area contributed by atoms with Gasteiger partial charge in [0.2, 0.25) is 0 Å². The van der Waals surface area contributed by atoms with Gasteiger partial charge in [-0.15, -0.1) is 0 Å². The van der Waals surface area contributed by atoms with Crippen molar-refractivity contribution >= 4 is 7.32 Å². The predicted molar refractivity (Wildman–Crippen MR) is 60.5 cm³/mol. The van der Waals surface area contributed by atoms with Crippen LogP contribution < -0.4 is 4.65 Å². The van der Waals surface area contributed by atoms with Gasteiger partial charge in [0.1, 0.15) is 5.75 Å². The first-order valence-electron chi connectivity index (χ1n) is 4.79. The van der Waals surface area contributed by atoms with Crippen LogP contribution in [-0.2, 0) is 0 Å². The largest absolute Gasteiger partial charge is 0.707 e. The lowest BCUT2D eigenvalue weighted by Crippen LogP contribution is -2.20. The molecule has 4 nitrogen and oxygen atoms in total. The third-order valence-electron chi connectivity index (χ3n) is 2.11. The van der Waals surface area contributed by atoms with E-state index in [4.69, 9.17) is 14.7 Å². The maximum Gasteiger partial charge on any atom is 0.707 e. The van der Waals surface area contributed by atoms with Crippen LogP contribution in [0.3, 0.4) is 0 Å². The summed E-state index contributed by atoms with van der Waals surface area (Å²) < 4.78 is 4.70. The molecule has 80 valence electrons. The smallest absolute Gasteiger partial charge is 0.512 e. The molecule has 1 aromatic carbocycles. The molecule has 0 saturated carbocycles. The zero-order valence-electron chi connectivity index (χ0n) is 8.45. The minimum absolute atomic E-state index is 0.410. The highest BCUT2D eigenvalue weighted by Crippen LogP contribution is 2.21. The van der Waals surface area contributed by atoms with Crippen LogP contribution in [0.1, 0.15) is 0 Å². The lowest BCUT2D eigenvalue weighted by atomic mass is 10.1. The summed E-state index contributed by atoms with van der Waals surface area (Å²) in [6.45, 7) is 0. The van der Waals surface area contributed by atoms with Crippen LogP contribution in [0.2, 0.25) is 0 Å². The summed E-state index contributed by atoms with van der Waals surface area (Å²) in [6.07, 6.45) is 3.44. The molecule has 2 N–H and O–H groups in total. The summed E-state index contributed by atoms with van der Waals surface area (Å²) in [5.41, 5.74) is 2.06. The number of hydrogen-bond donors (Lipinski definition) is 2. The lowest BCUT2D eigenvalue weighted by molar-refractivity contribution is 0.288. The van der Waals surface area contributed by atoms with Gasteiger partial charge in [0.25, 0.3) is 0 Å². The minimum atomic E-state index is -1.79. The Hall–Kier alpha value is -1.85. The molecule has 1 heterocycles. The maximum atomic E-state index is 8.62. The highest BCUT2D eigenvalue weighted by Gasteiger charge is 2.10. The second-order valence-electron chi connectivity index (χ2n) is 3.20. The van der Waals surface area contributed by atoms with Gasteiger partial charge in [-0.05, 0) is 35.4 Å². The van der Waals surface area contributed by atoms with Crippen LogP contribution in [-0.4, -0.2) is 22.4 Å². The topological polar surface area (TPSA) is 62.6 Å². The Morgan fingerprint density at radius 2 is 1.44 bits per heavy atom.